The fourth-order valence-electron chi connectivity index (χ4n) is 5.23. The Balaban J connectivity index is 3.75. The molecule has 3 atom stereocenters. The number of amides is 1. The third kappa shape index (κ3) is 27.4. The van der Waals surface area contributed by atoms with Crippen molar-refractivity contribution in [3.63, 3.8) is 0 Å². The van der Waals surface area contributed by atoms with E-state index in [9.17, 15) is 20.1 Å². The molecule has 5 nitrogen and oxygen atoms in total. The number of carbonyl (C=O) groups is 1. The molecule has 0 aliphatic carbocycles. The molecule has 0 saturated carbocycles. The maximum absolute atomic E-state index is 12.3. The largest absolute Gasteiger partial charge is 0.394 e. The van der Waals surface area contributed by atoms with Gasteiger partial charge in [0.2, 0.25) is 5.91 Å². The molecular formula is C36H69NO4. The normalized spacial score (nSPS) is 14.2. The van der Waals surface area contributed by atoms with Crippen molar-refractivity contribution >= 4 is 5.91 Å². The second-order valence-electron chi connectivity index (χ2n) is 12.1. The summed E-state index contributed by atoms with van der Waals surface area (Å²) in [5, 5.41) is 33.2. The summed E-state index contributed by atoms with van der Waals surface area (Å²) >= 11 is 0. The van der Waals surface area contributed by atoms with E-state index in [2.05, 4.69) is 43.5 Å². The molecule has 4 N–H and O–H groups in total. The summed E-state index contributed by atoms with van der Waals surface area (Å²) in [6, 6.07) is -0.825. The minimum Gasteiger partial charge on any atom is -0.394 e. The highest BCUT2D eigenvalue weighted by atomic mass is 16.3. The van der Waals surface area contributed by atoms with Crippen molar-refractivity contribution in [2.45, 2.75) is 193 Å². The number of carbonyl (C=O) groups excluding carboxylic acids is 1. The van der Waals surface area contributed by atoms with Crippen LogP contribution in [0.1, 0.15) is 174 Å². The molecule has 41 heavy (non-hydrogen) atoms. The average Bonchev–Trinajstić information content (AvgIpc) is 2.97. The second kappa shape index (κ2) is 31.8. The highest BCUT2D eigenvalue weighted by Crippen LogP contribution is 2.14. The molecule has 0 aromatic carbocycles. The van der Waals surface area contributed by atoms with Crippen LogP contribution < -0.4 is 5.32 Å². The van der Waals surface area contributed by atoms with Gasteiger partial charge in [-0.15, -0.1) is 0 Å². The van der Waals surface area contributed by atoms with Gasteiger partial charge in [-0.25, -0.2) is 0 Å². The van der Waals surface area contributed by atoms with Crippen LogP contribution in [0.3, 0.4) is 0 Å². The zero-order valence-corrected chi connectivity index (χ0v) is 27.2. The van der Waals surface area contributed by atoms with Gasteiger partial charge in [-0.3, -0.25) is 4.79 Å². The van der Waals surface area contributed by atoms with E-state index in [0.29, 0.717) is 12.8 Å². The van der Waals surface area contributed by atoms with Crippen LogP contribution in [-0.2, 0) is 4.79 Å². The standard InChI is InChI=1S/C36H69NO4/c1-3-5-7-9-11-13-15-17-18-19-21-23-25-27-29-31-35(40)37-33(32-38)36(41)34(39)30-28-26-24-22-20-16-14-12-10-8-6-4-2/h12,14,22,24,33-34,36,38-39,41H,3-11,13,15-21,23,25-32H2,1-2H3,(H,37,40)/b14-12+,24-22+. The number of aliphatic hydroxyl groups is 3. The van der Waals surface area contributed by atoms with Crippen LogP contribution >= 0.6 is 0 Å². The third-order valence-electron chi connectivity index (χ3n) is 8.04. The molecule has 0 fully saturated rings. The molecule has 0 bridgehead atoms. The van der Waals surface area contributed by atoms with Crippen molar-refractivity contribution < 1.29 is 20.1 Å². The highest BCUT2D eigenvalue weighted by molar-refractivity contribution is 5.76. The lowest BCUT2D eigenvalue weighted by Gasteiger charge is -2.26. The number of unbranched alkanes of at least 4 members (excludes halogenated alkanes) is 19. The minimum atomic E-state index is -1.16. The van der Waals surface area contributed by atoms with Gasteiger partial charge < -0.3 is 20.6 Å². The molecule has 0 aliphatic rings. The maximum Gasteiger partial charge on any atom is 0.220 e. The van der Waals surface area contributed by atoms with E-state index < -0.39 is 18.2 Å². The topological polar surface area (TPSA) is 89.8 Å². The Morgan fingerprint density at radius 3 is 1.49 bits per heavy atom. The number of hydrogen-bond donors (Lipinski definition) is 4. The van der Waals surface area contributed by atoms with Gasteiger partial charge in [0, 0.05) is 6.42 Å². The van der Waals surface area contributed by atoms with E-state index in [1.807, 2.05) is 0 Å². The van der Waals surface area contributed by atoms with Crippen LogP contribution in [0.4, 0.5) is 0 Å². The van der Waals surface area contributed by atoms with Gasteiger partial charge in [0.05, 0.1) is 18.8 Å². The molecule has 0 spiro atoms. The van der Waals surface area contributed by atoms with Gasteiger partial charge in [-0.1, -0.05) is 141 Å². The monoisotopic (exact) mass is 580 g/mol. The number of nitrogens with one attached hydrogen (secondary N) is 1. The molecule has 0 aliphatic heterocycles. The van der Waals surface area contributed by atoms with Gasteiger partial charge in [-0.2, -0.15) is 0 Å². The summed E-state index contributed by atoms with van der Waals surface area (Å²) in [6.45, 7) is 4.11. The summed E-state index contributed by atoms with van der Waals surface area (Å²) < 4.78 is 0. The van der Waals surface area contributed by atoms with Crippen molar-refractivity contribution in [3.8, 4) is 0 Å². The predicted octanol–water partition coefficient (Wildman–Crippen LogP) is 9.09. The van der Waals surface area contributed by atoms with E-state index in [1.54, 1.807) is 0 Å². The zero-order valence-electron chi connectivity index (χ0n) is 27.2. The average molecular weight is 580 g/mol. The van der Waals surface area contributed by atoms with E-state index in [1.165, 1.54) is 103 Å². The molecule has 0 radical (unpaired) electrons. The van der Waals surface area contributed by atoms with Crippen LogP contribution in [0, 0.1) is 0 Å². The quantitative estimate of drug-likeness (QED) is 0.0487. The summed E-state index contributed by atoms with van der Waals surface area (Å²) in [7, 11) is 0. The van der Waals surface area contributed by atoms with E-state index in [0.717, 1.165) is 44.9 Å². The first kappa shape index (κ1) is 39.8. The Morgan fingerprint density at radius 1 is 0.585 bits per heavy atom. The Labute approximate surface area is 254 Å². The zero-order chi connectivity index (χ0) is 30.2. The van der Waals surface area contributed by atoms with Crippen molar-refractivity contribution in [1.82, 2.24) is 5.32 Å². The van der Waals surface area contributed by atoms with E-state index in [4.69, 9.17) is 0 Å². The fraction of sp³-hybridized carbons (Fsp3) is 0.861. The first-order valence-corrected chi connectivity index (χ1v) is 17.6. The number of allylic oxidation sites excluding steroid dienone is 4. The molecule has 0 saturated heterocycles. The van der Waals surface area contributed by atoms with Crippen LogP contribution in [0.5, 0.6) is 0 Å². The number of hydrogen-bond acceptors (Lipinski definition) is 4. The summed E-state index contributed by atoms with van der Waals surface area (Å²) in [5.74, 6) is -0.160. The lowest BCUT2D eigenvalue weighted by Crippen LogP contribution is -2.50. The Morgan fingerprint density at radius 2 is 1.00 bits per heavy atom. The smallest absolute Gasteiger partial charge is 0.220 e. The number of aliphatic hydroxyl groups excluding tert-OH is 3. The van der Waals surface area contributed by atoms with E-state index >= 15 is 0 Å². The van der Waals surface area contributed by atoms with Crippen LogP contribution in [0.2, 0.25) is 0 Å². The maximum atomic E-state index is 12.3. The lowest BCUT2D eigenvalue weighted by atomic mass is 10.0. The van der Waals surface area contributed by atoms with Crippen LogP contribution in [0.15, 0.2) is 24.3 Å². The Kier molecular flexibility index (Phi) is 30.9. The summed E-state index contributed by atoms with van der Waals surface area (Å²) in [4.78, 5) is 12.3. The molecule has 1 amide bonds. The van der Waals surface area contributed by atoms with Gasteiger partial charge in [0.15, 0.2) is 0 Å². The summed E-state index contributed by atoms with van der Waals surface area (Å²) in [6.07, 6.45) is 35.5. The van der Waals surface area contributed by atoms with E-state index in [-0.39, 0.29) is 12.5 Å². The summed E-state index contributed by atoms with van der Waals surface area (Å²) in [5.41, 5.74) is 0. The van der Waals surface area contributed by atoms with Crippen LogP contribution in [0.25, 0.3) is 0 Å². The molecule has 0 aromatic heterocycles. The molecule has 0 rings (SSSR count). The molecule has 0 heterocycles. The Bertz CT molecular complexity index is 606. The van der Waals surface area contributed by atoms with Gasteiger partial charge in [-0.05, 0) is 51.4 Å². The molecule has 5 heteroatoms. The second-order valence-corrected chi connectivity index (χ2v) is 12.1. The first-order chi connectivity index (χ1) is 20.1. The van der Waals surface area contributed by atoms with Crippen molar-refractivity contribution in [2.24, 2.45) is 0 Å². The van der Waals surface area contributed by atoms with Gasteiger partial charge in [0.25, 0.3) is 0 Å². The molecule has 0 aromatic rings. The Hall–Kier alpha value is -1.17. The first-order valence-electron chi connectivity index (χ1n) is 17.6. The van der Waals surface area contributed by atoms with Crippen molar-refractivity contribution in [1.29, 1.82) is 0 Å². The highest BCUT2D eigenvalue weighted by Gasteiger charge is 2.26. The fourth-order valence-corrected chi connectivity index (χ4v) is 5.23. The van der Waals surface area contributed by atoms with Crippen LogP contribution in [-0.4, -0.2) is 46.1 Å². The number of rotatable bonds is 31. The third-order valence-corrected chi connectivity index (χ3v) is 8.04. The van der Waals surface area contributed by atoms with Crippen molar-refractivity contribution in [2.75, 3.05) is 6.61 Å². The minimum absolute atomic E-state index is 0.160. The molecule has 3 unspecified atom stereocenters. The SMILES string of the molecule is CCCCC/C=C/CC/C=C/CCCC(O)C(O)C(CO)NC(=O)CCCCCCCCCCCCCCCCC. The lowest BCUT2D eigenvalue weighted by molar-refractivity contribution is -0.124. The molecular weight excluding hydrogens is 510 g/mol. The predicted molar refractivity (Wildman–Crippen MR) is 176 cm³/mol. The van der Waals surface area contributed by atoms with Crippen molar-refractivity contribution in [3.05, 3.63) is 24.3 Å². The van der Waals surface area contributed by atoms with Gasteiger partial charge in [0.1, 0.15) is 6.10 Å². The van der Waals surface area contributed by atoms with Gasteiger partial charge >= 0.3 is 0 Å². The molecule has 242 valence electrons.